The molecule has 0 aliphatic carbocycles. The van der Waals surface area contributed by atoms with Crippen molar-refractivity contribution in [1.29, 1.82) is 0 Å². The number of nitro benzene ring substituents is 1. The highest BCUT2D eigenvalue weighted by Crippen LogP contribution is 2.24. The summed E-state index contributed by atoms with van der Waals surface area (Å²) in [5, 5.41) is 21.1. The van der Waals surface area contributed by atoms with Gasteiger partial charge in [0.05, 0.1) is 10.6 Å². The molecule has 0 spiro atoms. The molecular formula is C12H9N5O3. The second-order valence-corrected chi connectivity index (χ2v) is 4.28. The third-order valence-corrected chi connectivity index (χ3v) is 2.93. The molecule has 0 saturated carbocycles. The SMILES string of the molecule is Cc1cc2n[nH]c(=O)n2nc1-c1cccc([N+](=O)[O-])c1. The molecule has 2 heterocycles. The Labute approximate surface area is 111 Å². The minimum Gasteiger partial charge on any atom is -0.258 e. The predicted octanol–water partition coefficient (Wildman–Crippen LogP) is 1.30. The molecule has 8 heteroatoms. The maximum absolute atomic E-state index is 11.5. The monoisotopic (exact) mass is 271 g/mol. The van der Waals surface area contributed by atoms with Gasteiger partial charge in [-0.1, -0.05) is 12.1 Å². The molecule has 0 fully saturated rings. The summed E-state index contributed by atoms with van der Waals surface area (Å²) in [5.41, 5.74) is 1.78. The Bertz CT molecular complexity index is 880. The van der Waals surface area contributed by atoms with Gasteiger partial charge in [-0.3, -0.25) is 10.1 Å². The molecular weight excluding hydrogens is 262 g/mol. The number of hydrogen-bond donors (Lipinski definition) is 1. The van der Waals surface area contributed by atoms with Crippen LogP contribution in [0.15, 0.2) is 35.1 Å². The summed E-state index contributed by atoms with van der Waals surface area (Å²) in [6, 6.07) is 7.81. The smallest absolute Gasteiger partial charge is 0.258 e. The summed E-state index contributed by atoms with van der Waals surface area (Å²) < 4.78 is 1.13. The van der Waals surface area contributed by atoms with Crippen molar-refractivity contribution in [3.05, 3.63) is 56.5 Å². The number of H-pyrrole nitrogens is 1. The van der Waals surface area contributed by atoms with Crippen LogP contribution in [0.5, 0.6) is 0 Å². The second-order valence-electron chi connectivity index (χ2n) is 4.28. The number of benzene rings is 1. The van der Waals surface area contributed by atoms with E-state index in [9.17, 15) is 14.9 Å². The van der Waals surface area contributed by atoms with Crippen LogP contribution in [0.1, 0.15) is 5.56 Å². The fraction of sp³-hybridized carbons (Fsp3) is 0.0833. The highest BCUT2D eigenvalue weighted by Gasteiger charge is 2.12. The first-order valence-electron chi connectivity index (χ1n) is 5.76. The number of rotatable bonds is 2. The van der Waals surface area contributed by atoms with E-state index < -0.39 is 10.6 Å². The van der Waals surface area contributed by atoms with Gasteiger partial charge in [-0.15, -0.1) is 0 Å². The molecule has 1 N–H and O–H groups in total. The van der Waals surface area contributed by atoms with Crippen molar-refractivity contribution in [3.63, 3.8) is 0 Å². The maximum atomic E-state index is 11.5. The molecule has 100 valence electrons. The van der Waals surface area contributed by atoms with Crippen molar-refractivity contribution < 1.29 is 4.92 Å². The van der Waals surface area contributed by atoms with Gasteiger partial charge in [0.25, 0.3) is 5.69 Å². The van der Waals surface area contributed by atoms with Gasteiger partial charge in [0.15, 0.2) is 5.65 Å². The van der Waals surface area contributed by atoms with Crippen LogP contribution in [0, 0.1) is 17.0 Å². The third kappa shape index (κ3) is 1.83. The lowest BCUT2D eigenvalue weighted by atomic mass is 10.1. The van der Waals surface area contributed by atoms with Crippen LogP contribution in [-0.4, -0.2) is 24.7 Å². The maximum Gasteiger partial charge on any atom is 0.364 e. The number of aryl methyl sites for hydroxylation is 1. The van der Waals surface area contributed by atoms with Crippen molar-refractivity contribution in [3.8, 4) is 11.3 Å². The molecule has 2 aromatic heterocycles. The summed E-state index contributed by atoms with van der Waals surface area (Å²) in [7, 11) is 0. The average Bonchev–Trinajstić information content (AvgIpc) is 2.79. The first kappa shape index (κ1) is 12.0. The van der Waals surface area contributed by atoms with Crippen molar-refractivity contribution in [2.45, 2.75) is 6.92 Å². The third-order valence-electron chi connectivity index (χ3n) is 2.93. The molecule has 1 aromatic carbocycles. The van der Waals surface area contributed by atoms with Gasteiger partial charge in [0.1, 0.15) is 0 Å². The highest BCUT2D eigenvalue weighted by molar-refractivity contribution is 5.66. The Morgan fingerprint density at radius 3 is 2.90 bits per heavy atom. The molecule has 0 bridgehead atoms. The Morgan fingerprint density at radius 1 is 1.35 bits per heavy atom. The van der Waals surface area contributed by atoms with Crippen LogP contribution < -0.4 is 5.69 Å². The molecule has 0 atom stereocenters. The molecule has 8 nitrogen and oxygen atoms in total. The first-order valence-corrected chi connectivity index (χ1v) is 5.76. The lowest BCUT2D eigenvalue weighted by molar-refractivity contribution is -0.384. The van der Waals surface area contributed by atoms with Crippen LogP contribution in [0.4, 0.5) is 5.69 Å². The minimum atomic E-state index is -0.471. The minimum absolute atomic E-state index is 0.0247. The van der Waals surface area contributed by atoms with Crippen LogP contribution in [0.3, 0.4) is 0 Å². The van der Waals surface area contributed by atoms with Gasteiger partial charge in [0.2, 0.25) is 0 Å². The van der Waals surface area contributed by atoms with Crippen molar-refractivity contribution in [2.75, 3.05) is 0 Å². The number of nitrogens with one attached hydrogen (secondary N) is 1. The first-order chi connectivity index (χ1) is 9.56. The zero-order valence-corrected chi connectivity index (χ0v) is 10.4. The number of nitro groups is 1. The lowest BCUT2D eigenvalue weighted by Gasteiger charge is -2.04. The number of aromatic nitrogens is 4. The van der Waals surface area contributed by atoms with Gasteiger partial charge in [0, 0.05) is 17.7 Å². The van der Waals surface area contributed by atoms with E-state index in [-0.39, 0.29) is 5.69 Å². The van der Waals surface area contributed by atoms with Crippen molar-refractivity contribution in [1.82, 2.24) is 19.8 Å². The lowest BCUT2D eigenvalue weighted by Crippen LogP contribution is -2.13. The van der Waals surface area contributed by atoms with E-state index in [0.717, 1.165) is 10.1 Å². The molecule has 0 aliphatic rings. The normalized spacial score (nSPS) is 10.8. The van der Waals surface area contributed by atoms with E-state index in [2.05, 4.69) is 15.3 Å². The van der Waals surface area contributed by atoms with Crippen LogP contribution in [-0.2, 0) is 0 Å². The van der Waals surface area contributed by atoms with Crippen molar-refractivity contribution >= 4 is 11.3 Å². The highest BCUT2D eigenvalue weighted by atomic mass is 16.6. The zero-order valence-electron chi connectivity index (χ0n) is 10.4. The number of non-ortho nitro benzene ring substituents is 1. The Kier molecular flexibility index (Phi) is 2.56. The van der Waals surface area contributed by atoms with E-state index in [1.54, 1.807) is 25.1 Å². The zero-order chi connectivity index (χ0) is 14.3. The second kappa shape index (κ2) is 4.26. The van der Waals surface area contributed by atoms with Crippen LogP contribution >= 0.6 is 0 Å². The summed E-state index contributed by atoms with van der Waals surface area (Å²) in [5.74, 6) is 0. The number of aromatic amines is 1. The molecule has 0 amide bonds. The average molecular weight is 271 g/mol. The quantitative estimate of drug-likeness (QED) is 0.558. The van der Waals surface area contributed by atoms with E-state index in [0.29, 0.717) is 16.9 Å². The van der Waals surface area contributed by atoms with Crippen LogP contribution in [0.25, 0.3) is 16.9 Å². The van der Waals surface area contributed by atoms with Gasteiger partial charge in [-0.2, -0.15) is 14.7 Å². The van der Waals surface area contributed by atoms with Gasteiger partial charge in [-0.25, -0.2) is 9.89 Å². The standard InChI is InChI=1S/C12H9N5O3/c1-7-5-10-13-14-12(18)16(10)15-11(7)8-3-2-4-9(6-8)17(19)20/h2-6H,1H3,(H,14,18). The molecule has 0 unspecified atom stereocenters. The van der Waals surface area contributed by atoms with Crippen LogP contribution in [0.2, 0.25) is 0 Å². The number of hydrogen-bond acceptors (Lipinski definition) is 5. The summed E-state index contributed by atoms with van der Waals surface area (Å²) >= 11 is 0. The molecule has 0 aliphatic heterocycles. The summed E-state index contributed by atoms with van der Waals surface area (Å²) in [4.78, 5) is 21.9. The molecule has 0 radical (unpaired) electrons. The van der Waals surface area contributed by atoms with E-state index in [1.165, 1.54) is 12.1 Å². The van der Waals surface area contributed by atoms with Crippen molar-refractivity contribution in [2.24, 2.45) is 0 Å². The van der Waals surface area contributed by atoms with E-state index in [1.807, 2.05) is 0 Å². The van der Waals surface area contributed by atoms with Gasteiger partial charge in [-0.05, 0) is 18.6 Å². The van der Waals surface area contributed by atoms with E-state index >= 15 is 0 Å². The largest absolute Gasteiger partial charge is 0.364 e. The Morgan fingerprint density at radius 2 is 2.15 bits per heavy atom. The number of nitrogens with zero attached hydrogens (tertiary/aromatic N) is 4. The molecule has 3 aromatic rings. The molecule has 20 heavy (non-hydrogen) atoms. The Hall–Kier alpha value is -3.03. The van der Waals surface area contributed by atoms with Gasteiger partial charge < -0.3 is 0 Å². The number of fused-ring (bicyclic) bond motifs is 1. The predicted molar refractivity (Wildman–Crippen MR) is 70.4 cm³/mol. The van der Waals surface area contributed by atoms with E-state index in [4.69, 9.17) is 0 Å². The fourth-order valence-electron chi connectivity index (χ4n) is 1.99. The summed E-state index contributed by atoms with van der Waals surface area (Å²) in [6.07, 6.45) is 0. The molecule has 0 saturated heterocycles. The molecule has 3 rings (SSSR count). The topological polar surface area (TPSA) is 106 Å². The Balaban J connectivity index is 2.25. The van der Waals surface area contributed by atoms with Gasteiger partial charge >= 0.3 is 5.69 Å². The fourth-order valence-corrected chi connectivity index (χ4v) is 1.99. The summed E-state index contributed by atoms with van der Waals surface area (Å²) in [6.45, 7) is 1.81.